The van der Waals surface area contributed by atoms with Crippen LogP contribution in [0.3, 0.4) is 0 Å². The molecule has 5 rings (SSSR count). The molecular formula is C23H17F2N3O2S. The Hall–Kier alpha value is -3.23. The summed E-state index contributed by atoms with van der Waals surface area (Å²) in [7, 11) is -3.65. The fourth-order valence-corrected chi connectivity index (χ4v) is 4.63. The predicted molar refractivity (Wildman–Crippen MR) is 114 cm³/mol. The monoisotopic (exact) mass is 437 g/mol. The first-order chi connectivity index (χ1) is 14.9. The maximum absolute atomic E-state index is 13.5. The molecule has 1 fully saturated rings. The van der Waals surface area contributed by atoms with Crippen LogP contribution in [0.15, 0.2) is 71.6 Å². The zero-order valence-corrected chi connectivity index (χ0v) is 17.0. The summed E-state index contributed by atoms with van der Waals surface area (Å²) in [5, 5.41) is 0. The molecule has 4 aromatic rings. The van der Waals surface area contributed by atoms with Gasteiger partial charge in [-0.05, 0) is 79.6 Å². The van der Waals surface area contributed by atoms with E-state index in [9.17, 15) is 17.2 Å². The average molecular weight is 437 g/mol. The van der Waals surface area contributed by atoms with Crippen LogP contribution in [0, 0.1) is 11.6 Å². The Kier molecular flexibility index (Phi) is 4.75. The van der Waals surface area contributed by atoms with Gasteiger partial charge in [-0.3, -0.25) is 0 Å². The Balaban J connectivity index is 1.69. The van der Waals surface area contributed by atoms with Gasteiger partial charge in [0.05, 0.1) is 27.3 Å². The third kappa shape index (κ3) is 4.04. The number of hydrogen-bond acceptors (Lipinski definition) is 4. The summed E-state index contributed by atoms with van der Waals surface area (Å²) in [6.07, 6.45) is 1.67. The van der Waals surface area contributed by atoms with Crippen LogP contribution < -0.4 is 4.72 Å². The quantitative estimate of drug-likeness (QED) is 0.492. The largest absolute Gasteiger partial charge is 0.244 e. The van der Waals surface area contributed by atoms with Crippen LogP contribution in [0.2, 0.25) is 0 Å². The molecule has 1 saturated carbocycles. The number of halogens is 2. The van der Waals surface area contributed by atoms with Crippen molar-refractivity contribution in [3.63, 3.8) is 0 Å². The average Bonchev–Trinajstić information content (AvgIpc) is 3.57. The van der Waals surface area contributed by atoms with E-state index in [2.05, 4.69) is 14.7 Å². The van der Waals surface area contributed by atoms with Gasteiger partial charge < -0.3 is 0 Å². The topological polar surface area (TPSA) is 72.0 Å². The first kappa shape index (κ1) is 19.7. The number of sulfonamides is 1. The fraction of sp³-hybridized carbons (Fsp3) is 0.130. The summed E-state index contributed by atoms with van der Waals surface area (Å²) >= 11 is 0. The third-order valence-corrected chi connectivity index (χ3v) is 6.60. The zero-order valence-electron chi connectivity index (χ0n) is 16.2. The number of rotatable bonds is 5. The summed E-state index contributed by atoms with van der Waals surface area (Å²) in [5.74, 6) is -0.765. The molecule has 0 aliphatic heterocycles. The lowest BCUT2D eigenvalue weighted by Gasteiger charge is -2.12. The lowest BCUT2D eigenvalue weighted by atomic mass is 10.0. The van der Waals surface area contributed by atoms with Gasteiger partial charge >= 0.3 is 0 Å². The third-order valence-electron chi connectivity index (χ3n) is 5.08. The van der Waals surface area contributed by atoms with Crippen molar-refractivity contribution >= 4 is 21.1 Å². The minimum atomic E-state index is -3.65. The van der Waals surface area contributed by atoms with Crippen LogP contribution in [-0.4, -0.2) is 24.4 Å². The Bertz CT molecular complexity index is 1390. The number of hydrogen-bond donors (Lipinski definition) is 1. The van der Waals surface area contributed by atoms with Crippen LogP contribution >= 0.6 is 0 Å². The van der Waals surface area contributed by atoms with E-state index in [1.165, 1.54) is 36.4 Å². The molecule has 156 valence electrons. The van der Waals surface area contributed by atoms with Gasteiger partial charge in [0.2, 0.25) is 10.0 Å². The zero-order chi connectivity index (χ0) is 21.6. The smallest absolute Gasteiger partial charge is 0.240 e. The summed E-state index contributed by atoms with van der Waals surface area (Å²) in [4.78, 5) is 9.46. The highest BCUT2D eigenvalue weighted by molar-refractivity contribution is 7.89. The van der Waals surface area contributed by atoms with E-state index in [4.69, 9.17) is 0 Å². The van der Waals surface area contributed by atoms with E-state index in [1.54, 1.807) is 30.3 Å². The summed E-state index contributed by atoms with van der Waals surface area (Å²) in [6.45, 7) is 0. The lowest BCUT2D eigenvalue weighted by molar-refractivity contribution is 0.581. The highest BCUT2D eigenvalue weighted by Gasteiger charge is 2.28. The van der Waals surface area contributed by atoms with E-state index >= 15 is 0 Å². The van der Waals surface area contributed by atoms with Gasteiger partial charge in [0.25, 0.3) is 0 Å². The lowest BCUT2D eigenvalue weighted by Crippen LogP contribution is -2.25. The second-order valence-electron chi connectivity index (χ2n) is 7.48. The number of fused-ring (bicyclic) bond motifs is 1. The molecule has 1 aromatic heterocycles. The number of aromatic nitrogens is 2. The molecule has 1 aliphatic rings. The van der Waals surface area contributed by atoms with E-state index in [1.807, 2.05) is 0 Å². The molecule has 1 heterocycles. The van der Waals surface area contributed by atoms with Gasteiger partial charge in [-0.2, -0.15) is 0 Å². The molecule has 0 saturated heterocycles. The maximum atomic E-state index is 13.5. The molecule has 3 aromatic carbocycles. The minimum absolute atomic E-state index is 0.0117. The van der Waals surface area contributed by atoms with Gasteiger partial charge in [-0.15, -0.1) is 0 Å². The number of nitrogens with one attached hydrogen (secondary N) is 1. The molecule has 5 nitrogen and oxygen atoms in total. The van der Waals surface area contributed by atoms with Crippen molar-refractivity contribution < 1.29 is 17.2 Å². The van der Waals surface area contributed by atoms with Crippen molar-refractivity contribution in [1.82, 2.24) is 14.7 Å². The second-order valence-corrected chi connectivity index (χ2v) is 9.19. The molecular weight excluding hydrogens is 420 g/mol. The summed E-state index contributed by atoms with van der Waals surface area (Å²) < 4.78 is 54.8. The first-order valence-corrected chi connectivity index (χ1v) is 11.2. The Morgan fingerprint density at radius 3 is 1.77 bits per heavy atom. The molecule has 0 radical (unpaired) electrons. The molecule has 0 spiro atoms. The van der Waals surface area contributed by atoms with Crippen LogP contribution in [-0.2, 0) is 10.0 Å². The number of benzene rings is 3. The molecule has 1 aliphatic carbocycles. The summed E-state index contributed by atoms with van der Waals surface area (Å²) in [6, 6.07) is 16.2. The second kappa shape index (κ2) is 7.47. The van der Waals surface area contributed by atoms with E-state index in [-0.39, 0.29) is 22.6 Å². The van der Waals surface area contributed by atoms with Crippen molar-refractivity contribution in [2.24, 2.45) is 0 Å². The standard InChI is InChI=1S/C23H17F2N3O2S/c24-16-5-1-14(2-6-16)22-23(15-3-7-17(25)8-4-15)27-21-13-19(11-12-20(21)26-22)31(29,30)28-18-9-10-18/h1-8,11-13,18,28H,9-10H2. The predicted octanol–water partition coefficient (Wildman–Crippen LogP) is 4.68. The highest BCUT2D eigenvalue weighted by atomic mass is 32.2. The minimum Gasteiger partial charge on any atom is -0.244 e. The van der Waals surface area contributed by atoms with Crippen LogP contribution in [0.4, 0.5) is 8.78 Å². The van der Waals surface area contributed by atoms with Gasteiger partial charge in [0.1, 0.15) is 11.6 Å². The van der Waals surface area contributed by atoms with E-state index in [0.717, 1.165) is 12.8 Å². The molecule has 0 amide bonds. The Morgan fingerprint density at radius 2 is 1.26 bits per heavy atom. The molecule has 1 N–H and O–H groups in total. The molecule has 0 unspecified atom stereocenters. The van der Waals surface area contributed by atoms with Crippen molar-refractivity contribution in [3.8, 4) is 22.5 Å². The van der Waals surface area contributed by atoms with Gasteiger partial charge in [0.15, 0.2) is 0 Å². The maximum Gasteiger partial charge on any atom is 0.240 e. The van der Waals surface area contributed by atoms with Gasteiger partial charge in [-0.25, -0.2) is 31.9 Å². The van der Waals surface area contributed by atoms with Crippen molar-refractivity contribution in [2.75, 3.05) is 0 Å². The SMILES string of the molecule is O=S(=O)(NC1CC1)c1ccc2nc(-c3ccc(F)cc3)c(-c3ccc(F)cc3)nc2c1. The van der Waals surface area contributed by atoms with Crippen LogP contribution in [0.25, 0.3) is 33.5 Å². The molecule has 0 bridgehead atoms. The normalized spacial score (nSPS) is 14.1. The van der Waals surface area contributed by atoms with Crippen molar-refractivity contribution in [1.29, 1.82) is 0 Å². The fourth-order valence-electron chi connectivity index (χ4n) is 3.31. The van der Waals surface area contributed by atoms with E-state index in [0.29, 0.717) is 33.5 Å². The number of nitrogens with zero attached hydrogens (tertiary/aromatic N) is 2. The van der Waals surface area contributed by atoms with Crippen molar-refractivity contribution in [2.45, 2.75) is 23.8 Å². The van der Waals surface area contributed by atoms with Crippen LogP contribution in [0.1, 0.15) is 12.8 Å². The molecule has 8 heteroatoms. The van der Waals surface area contributed by atoms with E-state index < -0.39 is 10.0 Å². The highest BCUT2D eigenvalue weighted by Crippen LogP contribution is 2.32. The van der Waals surface area contributed by atoms with Gasteiger partial charge in [-0.1, -0.05) is 0 Å². The molecule has 0 atom stereocenters. The summed E-state index contributed by atoms with van der Waals surface area (Å²) in [5.41, 5.74) is 3.08. The van der Waals surface area contributed by atoms with Gasteiger partial charge in [0, 0.05) is 17.2 Å². The molecule has 31 heavy (non-hydrogen) atoms. The first-order valence-electron chi connectivity index (χ1n) is 9.75. The van der Waals surface area contributed by atoms with Crippen LogP contribution in [0.5, 0.6) is 0 Å². The Morgan fingerprint density at radius 1 is 0.742 bits per heavy atom. The Labute approximate surface area is 177 Å². The van der Waals surface area contributed by atoms with Crippen molar-refractivity contribution in [3.05, 3.63) is 78.4 Å².